The standard InChI is InChI=1S/C37H35NO/c1-3-4-5-11-23(2)36(38)32(39)22-26-14-10-17-29-33(26)27-15-6-7-16-28(27)37(29)30-18-8-12-24-20-21-25-13-9-19-31(37)35(25)34(24)30/h3-4,6,8-10,12-15,17-21,32,36,39H,2,5,7,11,16,22,38H2,1H3/b4-3-. The molecule has 2 atom stereocenters. The second-order valence-electron chi connectivity index (χ2n) is 11.4. The van der Waals surface area contributed by atoms with Crippen LogP contribution in [0.5, 0.6) is 0 Å². The number of benzene rings is 4. The molecule has 0 fully saturated rings. The quantitative estimate of drug-likeness (QED) is 0.196. The van der Waals surface area contributed by atoms with Gasteiger partial charge in [-0.1, -0.05) is 103 Å². The van der Waals surface area contributed by atoms with Gasteiger partial charge in [-0.15, -0.1) is 0 Å². The molecule has 0 aliphatic heterocycles. The topological polar surface area (TPSA) is 46.2 Å². The van der Waals surface area contributed by atoms with Gasteiger partial charge >= 0.3 is 0 Å². The zero-order valence-electron chi connectivity index (χ0n) is 22.6. The molecule has 4 aromatic rings. The highest BCUT2D eigenvalue weighted by molar-refractivity contribution is 6.17. The largest absolute Gasteiger partial charge is 0.391 e. The molecule has 3 aliphatic rings. The van der Waals surface area contributed by atoms with E-state index in [9.17, 15) is 5.11 Å². The van der Waals surface area contributed by atoms with E-state index < -0.39 is 12.1 Å². The number of aliphatic hydroxyl groups excluding tert-OH is 1. The molecule has 2 nitrogen and oxygen atoms in total. The van der Waals surface area contributed by atoms with Gasteiger partial charge in [0, 0.05) is 6.42 Å². The fourth-order valence-electron chi connectivity index (χ4n) is 7.62. The Labute approximate surface area is 230 Å². The van der Waals surface area contributed by atoms with Crippen LogP contribution in [0.15, 0.2) is 109 Å². The maximum atomic E-state index is 11.3. The molecule has 3 N–H and O–H groups in total. The van der Waals surface area contributed by atoms with Gasteiger partial charge in [-0.25, -0.2) is 0 Å². The molecule has 2 heteroatoms. The smallest absolute Gasteiger partial charge is 0.0769 e. The van der Waals surface area contributed by atoms with Crippen molar-refractivity contribution in [3.8, 4) is 0 Å². The predicted molar refractivity (Wildman–Crippen MR) is 164 cm³/mol. The molecule has 0 saturated heterocycles. The summed E-state index contributed by atoms with van der Waals surface area (Å²) >= 11 is 0. The molecule has 1 spiro atoms. The molecular formula is C37H35NO. The van der Waals surface area contributed by atoms with Gasteiger partial charge in [-0.3, -0.25) is 0 Å². The summed E-state index contributed by atoms with van der Waals surface area (Å²) in [6.45, 7) is 6.23. The van der Waals surface area contributed by atoms with Crippen LogP contribution < -0.4 is 5.73 Å². The Hall–Kier alpha value is -3.72. The van der Waals surface area contributed by atoms with E-state index in [2.05, 4.69) is 91.5 Å². The summed E-state index contributed by atoms with van der Waals surface area (Å²) in [5.74, 6) is 0. The number of hydrogen-bond acceptors (Lipinski definition) is 2. The van der Waals surface area contributed by atoms with Crippen molar-refractivity contribution < 1.29 is 5.11 Å². The highest BCUT2D eigenvalue weighted by Gasteiger charge is 2.52. The van der Waals surface area contributed by atoms with E-state index in [0.29, 0.717) is 6.42 Å². The molecule has 2 unspecified atom stereocenters. The summed E-state index contributed by atoms with van der Waals surface area (Å²) in [7, 11) is 0. The summed E-state index contributed by atoms with van der Waals surface area (Å²) in [5.41, 5.74) is 16.6. The third kappa shape index (κ3) is 3.35. The zero-order chi connectivity index (χ0) is 26.7. The summed E-state index contributed by atoms with van der Waals surface area (Å²) in [6.07, 6.45) is 12.4. The van der Waals surface area contributed by atoms with Crippen molar-refractivity contribution in [3.63, 3.8) is 0 Å². The SMILES string of the molecule is C=C(CC/C=C\C)C(N)C(O)Cc1cccc2c1C1=C(CCC=C1)C21c2cccc3ccc4cccc1c4c23. The van der Waals surface area contributed by atoms with E-state index in [0.717, 1.165) is 31.3 Å². The van der Waals surface area contributed by atoms with Gasteiger partial charge in [0.15, 0.2) is 0 Å². The molecule has 0 heterocycles. The van der Waals surface area contributed by atoms with Crippen molar-refractivity contribution in [3.05, 3.63) is 137 Å². The van der Waals surface area contributed by atoms with E-state index in [-0.39, 0.29) is 5.41 Å². The molecule has 0 saturated carbocycles. The van der Waals surface area contributed by atoms with Crippen molar-refractivity contribution in [2.75, 3.05) is 0 Å². The van der Waals surface area contributed by atoms with Crippen LogP contribution in [0.2, 0.25) is 0 Å². The summed E-state index contributed by atoms with van der Waals surface area (Å²) in [4.78, 5) is 0. The molecule has 194 valence electrons. The maximum absolute atomic E-state index is 11.3. The average Bonchev–Trinajstić information content (AvgIpc) is 3.44. The first kappa shape index (κ1) is 24.3. The van der Waals surface area contributed by atoms with Crippen LogP contribution >= 0.6 is 0 Å². The molecule has 0 amide bonds. The lowest BCUT2D eigenvalue weighted by Crippen LogP contribution is -2.37. The van der Waals surface area contributed by atoms with E-state index in [4.69, 9.17) is 5.73 Å². The Balaban J connectivity index is 1.40. The summed E-state index contributed by atoms with van der Waals surface area (Å²) in [6, 6.07) is 24.4. The Morgan fingerprint density at radius 1 is 0.974 bits per heavy atom. The monoisotopic (exact) mass is 509 g/mol. The lowest BCUT2D eigenvalue weighted by atomic mass is 9.67. The Morgan fingerprint density at radius 3 is 2.33 bits per heavy atom. The maximum Gasteiger partial charge on any atom is 0.0769 e. The van der Waals surface area contributed by atoms with Crippen LogP contribution in [0.25, 0.3) is 27.1 Å². The summed E-state index contributed by atoms with van der Waals surface area (Å²) in [5, 5.41) is 16.7. The second-order valence-corrected chi connectivity index (χ2v) is 11.4. The first-order valence-corrected chi connectivity index (χ1v) is 14.3. The minimum Gasteiger partial charge on any atom is -0.391 e. The van der Waals surface area contributed by atoms with Crippen molar-refractivity contribution in [2.24, 2.45) is 5.73 Å². The van der Waals surface area contributed by atoms with Crippen LogP contribution in [0.4, 0.5) is 0 Å². The molecule has 39 heavy (non-hydrogen) atoms. The van der Waals surface area contributed by atoms with Crippen LogP contribution in [0, 0.1) is 0 Å². The first-order valence-electron chi connectivity index (χ1n) is 14.3. The number of rotatable bonds is 7. The molecule has 0 aromatic heterocycles. The van der Waals surface area contributed by atoms with Crippen LogP contribution in [-0.4, -0.2) is 17.3 Å². The van der Waals surface area contributed by atoms with Gasteiger partial charge in [-0.05, 0) is 93.1 Å². The molecule has 0 radical (unpaired) electrons. The highest BCUT2D eigenvalue weighted by Crippen LogP contribution is 2.63. The molecule has 0 bridgehead atoms. The van der Waals surface area contributed by atoms with Crippen molar-refractivity contribution >= 4 is 27.1 Å². The highest BCUT2D eigenvalue weighted by atomic mass is 16.3. The minimum absolute atomic E-state index is 0.294. The molecule has 4 aromatic carbocycles. The van der Waals surface area contributed by atoms with Crippen LogP contribution in [0.1, 0.15) is 60.4 Å². The molecule has 7 rings (SSSR count). The minimum atomic E-state index is -0.685. The van der Waals surface area contributed by atoms with Gasteiger partial charge in [0.1, 0.15) is 0 Å². The Bertz CT molecular complexity index is 1690. The van der Waals surface area contributed by atoms with Gasteiger partial charge in [0.2, 0.25) is 0 Å². The predicted octanol–water partition coefficient (Wildman–Crippen LogP) is 7.90. The number of fused-ring (bicyclic) bond motifs is 6. The zero-order valence-corrected chi connectivity index (χ0v) is 22.6. The number of aliphatic hydroxyl groups is 1. The van der Waals surface area contributed by atoms with Gasteiger partial charge < -0.3 is 10.8 Å². The lowest BCUT2D eigenvalue weighted by Gasteiger charge is -2.34. The third-order valence-electron chi connectivity index (χ3n) is 9.32. The van der Waals surface area contributed by atoms with E-state index in [1.165, 1.54) is 60.5 Å². The van der Waals surface area contributed by atoms with Crippen molar-refractivity contribution in [1.82, 2.24) is 0 Å². The molecular weight excluding hydrogens is 474 g/mol. The van der Waals surface area contributed by atoms with E-state index in [1.54, 1.807) is 0 Å². The van der Waals surface area contributed by atoms with Crippen LogP contribution in [0.3, 0.4) is 0 Å². The number of hydrogen-bond donors (Lipinski definition) is 2. The van der Waals surface area contributed by atoms with E-state index in [1.807, 2.05) is 13.0 Å². The van der Waals surface area contributed by atoms with Gasteiger partial charge in [0.05, 0.1) is 17.6 Å². The number of allylic oxidation sites excluding steroid dienone is 6. The van der Waals surface area contributed by atoms with E-state index >= 15 is 0 Å². The average molecular weight is 510 g/mol. The molecule has 3 aliphatic carbocycles. The number of nitrogens with two attached hydrogens (primary N) is 1. The fourth-order valence-corrected chi connectivity index (χ4v) is 7.62. The fraction of sp³-hybridized carbons (Fsp3) is 0.243. The Morgan fingerprint density at radius 2 is 1.64 bits per heavy atom. The van der Waals surface area contributed by atoms with Gasteiger partial charge in [0.25, 0.3) is 0 Å². The first-order chi connectivity index (χ1) is 19.1. The van der Waals surface area contributed by atoms with Crippen LogP contribution in [-0.2, 0) is 11.8 Å². The second kappa shape index (κ2) is 9.19. The van der Waals surface area contributed by atoms with Crippen molar-refractivity contribution in [1.29, 1.82) is 0 Å². The lowest BCUT2D eigenvalue weighted by molar-refractivity contribution is 0.155. The van der Waals surface area contributed by atoms with Gasteiger partial charge in [-0.2, -0.15) is 0 Å². The van der Waals surface area contributed by atoms with Crippen molar-refractivity contribution in [2.45, 2.75) is 56.6 Å². The Kier molecular flexibility index (Phi) is 5.73. The normalized spacial score (nSPS) is 18.0. The summed E-state index contributed by atoms with van der Waals surface area (Å²) < 4.78 is 0. The third-order valence-corrected chi connectivity index (χ3v) is 9.32.